The van der Waals surface area contributed by atoms with Crippen molar-refractivity contribution in [3.8, 4) is 5.75 Å². The molecule has 0 aliphatic heterocycles. The zero-order valence-electron chi connectivity index (χ0n) is 8.41. The molecule has 0 heterocycles. The Bertz CT molecular complexity index is 356. The van der Waals surface area contributed by atoms with Gasteiger partial charge in [-0.05, 0) is 19.1 Å². The van der Waals surface area contributed by atoms with Crippen LogP contribution < -0.4 is 4.74 Å². The fourth-order valence-corrected chi connectivity index (χ4v) is 1.45. The van der Waals surface area contributed by atoms with Gasteiger partial charge in [-0.2, -0.15) is 0 Å². The molecular formula is C10H11FO3S. The van der Waals surface area contributed by atoms with E-state index in [4.69, 9.17) is 9.47 Å². The Labute approximate surface area is 92.6 Å². The van der Waals surface area contributed by atoms with E-state index in [1.165, 1.54) is 13.2 Å². The third kappa shape index (κ3) is 2.62. The zero-order chi connectivity index (χ0) is 11.4. The van der Waals surface area contributed by atoms with Gasteiger partial charge in [0.25, 0.3) is 0 Å². The zero-order valence-corrected chi connectivity index (χ0v) is 9.31. The van der Waals surface area contributed by atoms with Gasteiger partial charge in [0.1, 0.15) is 0 Å². The molecule has 0 aliphatic carbocycles. The summed E-state index contributed by atoms with van der Waals surface area (Å²) in [5.41, 5.74) is 0.125. The van der Waals surface area contributed by atoms with Crippen LogP contribution in [0.2, 0.25) is 0 Å². The van der Waals surface area contributed by atoms with Crippen LogP contribution in [0.15, 0.2) is 17.0 Å². The van der Waals surface area contributed by atoms with Crippen molar-refractivity contribution in [2.45, 2.75) is 11.8 Å². The molecule has 0 bridgehead atoms. The van der Waals surface area contributed by atoms with Crippen molar-refractivity contribution >= 4 is 18.6 Å². The Morgan fingerprint density at radius 2 is 2.20 bits per heavy atom. The third-order valence-electron chi connectivity index (χ3n) is 1.74. The number of halogens is 1. The van der Waals surface area contributed by atoms with Gasteiger partial charge in [0.15, 0.2) is 11.6 Å². The van der Waals surface area contributed by atoms with E-state index in [-0.39, 0.29) is 22.8 Å². The molecule has 0 unspecified atom stereocenters. The Kier molecular flexibility index (Phi) is 3.96. The van der Waals surface area contributed by atoms with Gasteiger partial charge in [-0.1, -0.05) is 0 Å². The largest absolute Gasteiger partial charge is 0.493 e. The van der Waals surface area contributed by atoms with Gasteiger partial charge in [-0.15, -0.1) is 12.6 Å². The summed E-state index contributed by atoms with van der Waals surface area (Å²) in [6.45, 7) is 1.92. The predicted octanol–water partition coefficient (Wildman–Crippen LogP) is 2.30. The summed E-state index contributed by atoms with van der Waals surface area (Å²) in [6.07, 6.45) is 0. The molecule has 0 saturated heterocycles. The fraction of sp³-hybridized carbons (Fsp3) is 0.300. The highest BCUT2D eigenvalue weighted by Crippen LogP contribution is 2.27. The summed E-state index contributed by atoms with van der Waals surface area (Å²) in [4.78, 5) is 11.5. The van der Waals surface area contributed by atoms with Gasteiger partial charge in [0.2, 0.25) is 0 Å². The van der Waals surface area contributed by atoms with Crippen molar-refractivity contribution in [1.29, 1.82) is 0 Å². The highest BCUT2D eigenvalue weighted by atomic mass is 32.1. The highest BCUT2D eigenvalue weighted by Gasteiger charge is 2.14. The molecule has 5 heteroatoms. The molecule has 0 fully saturated rings. The lowest BCUT2D eigenvalue weighted by atomic mass is 10.2. The molecule has 0 aromatic heterocycles. The van der Waals surface area contributed by atoms with E-state index in [2.05, 4.69) is 12.6 Å². The summed E-state index contributed by atoms with van der Waals surface area (Å²) in [5.74, 6) is -1.19. The second-order valence-corrected chi connectivity index (χ2v) is 3.21. The van der Waals surface area contributed by atoms with Gasteiger partial charge in [-0.3, -0.25) is 0 Å². The molecule has 1 aromatic carbocycles. The lowest BCUT2D eigenvalue weighted by Crippen LogP contribution is -2.05. The summed E-state index contributed by atoms with van der Waals surface area (Å²) >= 11 is 4.01. The number of carbonyl (C=O) groups excluding carboxylic acids is 1. The number of hydrogen-bond acceptors (Lipinski definition) is 4. The molecule has 0 N–H and O–H groups in total. The van der Waals surface area contributed by atoms with Crippen LogP contribution in [0.4, 0.5) is 4.39 Å². The number of esters is 1. The monoisotopic (exact) mass is 230 g/mol. The second-order valence-electron chi connectivity index (χ2n) is 2.73. The average molecular weight is 230 g/mol. The first kappa shape index (κ1) is 11.8. The van der Waals surface area contributed by atoms with Crippen LogP contribution in [-0.2, 0) is 4.74 Å². The van der Waals surface area contributed by atoms with Crippen LogP contribution >= 0.6 is 12.6 Å². The maximum atomic E-state index is 13.3. The summed E-state index contributed by atoms with van der Waals surface area (Å²) in [7, 11) is 1.34. The van der Waals surface area contributed by atoms with Crippen molar-refractivity contribution in [2.24, 2.45) is 0 Å². The maximum absolute atomic E-state index is 13.3. The Balaban J connectivity index is 3.08. The molecule has 0 amide bonds. The summed E-state index contributed by atoms with van der Waals surface area (Å²) in [6, 6.07) is 2.47. The van der Waals surface area contributed by atoms with E-state index >= 15 is 0 Å². The van der Waals surface area contributed by atoms with Crippen LogP contribution in [0, 0.1) is 5.82 Å². The first-order valence-corrected chi connectivity index (χ1v) is 4.78. The van der Waals surface area contributed by atoms with Crippen molar-refractivity contribution < 1.29 is 18.7 Å². The lowest BCUT2D eigenvalue weighted by molar-refractivity contribution is 0.0525. The number of rotatable bonds is 3. The normalized spacial score (nSPS) is 9.87. The first-order valence-electron chi connectivity index (χ1n) is 4.33. The van der Waals surface area contributed by atoms with Gasteiger partial charge in [0, 0.05) is 0 Å². The van der Waals surface area contributed by atoms with E-state index in [0.717, 1.165) is 6.07 Å². The number of carbonyl (C=O) groups is 1. The number of methoxy groups -OCH3 is 1. The SMILES string of the molecule is CCOC(=O)c1cc(F)c(OC)c(S)c1. The van der Waals surface area contributed by atoms with E-state index in [1.54, 1.807) is 6.92 Å². The van der Waals surface area contributed by atoms with Crippen molar-refractivity contribution in [3.05, 3.63) is 23.5 Å². The Hall–Kier alpha value is -1.23. The average Bonchev–Trinajstić information content (AvgIpc) is 2.17. The van der Waals surface area contributed by atoms with Crippen LogP contribution in [0.25, 0.3) is 0 Å². The first-order chi connectivity index (χ1) is 7.10. The Morgan fingerprint density at radius 1 is 1.53 bits per heavy atom. The molecule has 0 radical (unpaired) electrons. The molecule has 1 aromatic rings. The fourth-order valence-electron chi connectivity index (χ4n) is 1.11. The molecule has 0 saturated carbocycles. The Morgan fingerprint density at radius 3 is 2.67 bits per heavy atom. The molecule has 0 aliphatic rings. The van der Waals surface area contributed by atoms with E-state index in [9.17, 15) is 9.18 Å². The number of ether oxygens (including phenoxy) is 2. The second kappa shape index (κ2) is 5.02. The van der Waals surface area contributed by atoms with Gasteiger partial charge >= 0.3 is 5.97 Å². The summed E-state index contributed by atoms with van der Waals surface area (Å²) < 4.78 is 22.8. The van der Waals surface area contributed by atoms with Gasteiger partial charge in [0.05, 0.1) is 24.2 Å². The number of hydrogen-bond donors (Lipinski definition) is 1. The third-order valence-corrected chi connectivity index (χ3v) is 2.07. The molecule has 15 heavy (non-hydrogen) atoms. The molecular weight excluding hydrogens is 219 g/mol. The predicted molar refractivity (Wildman–Crippen MR) is 56.2 cm³/mol. The minimum Gasteiger partial charge on any atom is -0.493 e. The maximum Gasteiger partial charge on any atom is 0.338 e. The molecule has 82 valence electrons. The van der Waals surface area contributed by atoms with Crippen LogP contribution in [0.3, 0.4) is 0 Å². The van der Waals surface area contributed by atoms with E-state index < -0.39 is 11.8 Å². The quantitative estimate of drug-likeness (QED) is 0.639. The van der Waals surface area contributed by atoms with Gasteiger partial charge in [-0.25, -0.2) is 9.18 Å². The highest BCUT2D eigenvalue weighted by molar-refractivity contribution is 7.80. The minimum atomic E-state index is -0.631. The smallest absolute Gasteiger partial charge is 0.338 e. The van der Waals surface area contributed by atoms with Crippen molar-refractivity contribution in [2.75, 3.05) is 13.7 Å². The molecule has 0 spiro atoms. The topological polar surface area (TPSA) is 35.5 Å². The summed E-state index contributed by atoms with van der Waals surface area (Å²) in [5, 5.41) is 0. The van der Waals surface area contributed by atoms with Gasteiger partial charge < -0.3 is 9.47 Å². The van der Waals surface area contributed by atoms with E-state index in [1.807, 2.05) is 0 Å². The number of thiol groups is 1. The lowest BCUT2D eigenvalue weighted by Gasteiger charge is -2.07. The van der Waals surface area contributed by atoms with Crippen LogP contribution in [0.5, 0.6) is 5.75 Å². The van der Waals surface area contributed by atoms with Crippen LogP contribution in [0.1, 0.15) is 17.3 Å². The van der Waals surface area contributed by atoms with Crippen LogP contribution in [-0.4, -0.2) is 19.7 Å². The molecule has 1 rings (SSSR count). The van der Waals surface area contributed by atoms with Crippen molar-refractivity contribution in [3.63, 3.8) is 0 Å². The van der Waals surface area contributed by atoms with Crippen molar-refractivity contribution in [1.82, 2.24) is 0 Å². The number of benzene rings is 1. The minimum absolute atomic E-state index is 0.0198. The standard InChI is InChI=1S/C10H11FO3S/c1-3-14-10(12)6-4-7(11)9(13-2)8(15)5-6/h4-5,15H,3H2,1-2H3. The molecule has 3 nitrogen and oxygen atoms in total. The molecule has 0 atom stereocenters. The van der Waals surface area contributed by atoms with E-state index in [0.29, 0.717) is 0 Å².